The molecule has 5 aromatic carbocycles. The number of rotatable bonds is 8. The Balaban J connectivity index is 1.24. The molecule has 5 aromatic rings. The van der Waals surface area contributed by atoms with Crippen LogP contribution in [0.1, 0.15) is 48.7 Å². The average Bonchev–Trinajstić information content (AvgIpc) is 3.05. The first kappa shape index (κ1) is 28.3. The molecule has 0 aromatic heterocycles. The van der Waals surface area contributed by atoms with Crippen molar-refractivity contribution < 1.29 is 14.3 Å². The summed E-state index contributed by atoms with van der Waals surface area (Å²) in [6.07, 6.45) is 0.679. The summed E-state index contributed by atoms with van der Waals surface area (Å²) >= 11 is 0. The van der Waals surface area contributed by atoms with E-state index in [-0.39, 0.29) is 11.8 Å². The van der Waals surface area contributed by atoms with Crippen LogP contribution in [0.3, 0.4) is 0 Å². The molecule has 0 saturated carbocycles. The van der Waals surface area contributed by atoms with Crippen molar-refractivity contribution in [3.05, 3.63) is 138 Å². The van der Waals surface area contributed by atoms with E-state index in [1.54, 1.807) is 24.3 Å². The summed E-state index contributed by atoms with van der Waals surface area (Å²) in [5, 5.41) is 9.01. The van der Waals surface area contributed by atoms with Crippen molar-refractivity contribution in [3.8, 4) is 45.2 Å². The van der Waals surface area contributed by atoms with Gasteiger partial charge in [-0.3, -0.25) is 9.59 Å². The third kappa shape index (κ3) is 6.22. The van der Waals surface area contributed by atoms with Crippen LogP contribution in [0.5, 0.6) is 5.75 Å². The van der Waals surface area contributed by atoms with Crippen molar-refractivity contribution >= 4 is 11.8 Å². The second-order valence-electron chi connectivity index (χ2n) is 10.9. The fraction of sp³-hybridized carbons (Fsp3) is 0.132. The number of hydrogen-bond donors (Lipinski definition) is 0. The molecule has 4 heteroatoms. The van der Waals surface area contributed by atoms with Crippen LogP contribution in [0.4, 0.5) is 0 Å². The number of carbonyl (C=O) groups is 2. The molecule has 5 rings (SSSR count). The molecule has 0 amide bonds. The molecule has 0 unspecified atom stereocenters. The zero-order chi connectivity index (χ0) is 29.7. The highest BCUT2D eigenvalue weighted by atomic mass is 16.5. The summed E-state index contributed by atoms with van der Waals surface area (Å²) in [5.74, 6) is 0.0533. The van der Waals surface area contributed by atoms with Crippen molar-refractivity contribution in [1.82, 2.24) is 0 Å². The fourth-order valence-corrected chi connectivity index (χ4v) is 4.49. The summed E-state index contributed by atoms with van der Waals surface area (Å²) in [4.78, 5) is 25.4. The van der Waals surface area contributed by atoms with Gasteiger partial charge in [0.15, 0.2) is 5.78 Å². The Morgan fingerprint density at radius 1 is 0.595 bits per heavy atom. The maximum atomic E-state index is 13.1. The Hall–Kier alpha value is -5.27. The molecular formula is C38H31NO3. The highest BCUT2D eigenvalue weighted by Crippen LogP contribution is 2.29. The molecule has 0 aliphatic carbocycles. The Labute approximate surface area is 246 Å². The SMILES string of the molecule is CCC(C)(C)C(=O)Oc1ccc(C(=O)c2ccc(-c3ccc(-c4ccc(-c5ccc(C#N)cc5)cc4)cc3)cc2)cc1. The third-order valence-electron chi connectivity index (χ3n) is 7.69. The highest BCUT2D eigenvalue weighted by molar-refractivity contribution is 6.09. The Kier molecular flexibility index (Phi) is 8.13. The van der Waals surface area contributed by atoms with Crippen LogP contribution in [0.2, 0.25) is 0 Å². The van der Waals surface area contributed by atoms with E-state index < -0.39 is 5.41 Å². The largest absolute Gasteiger partial charge is 0.426 e. The monoisotopic (exact) mass is 549 g/mol. The minimum absolute atomic E-state index is 0.0897. The van der Waals surface area contributed by atoms with Crippen LogP contribution in [0.25, 0.3) is 33.4 Å². The second-order valence-corrected chi connectivity index (χ2v) is 10.9. The predicted octanol–water partition coefficient (Wildman–Crippen LogP) is 9.13. The van der Waals surface area contributed by atoms with Crippen LogP contribution >= 0.6 is 0 Å². The van der Waals surface area contributed by atoms with E-state index in [1.807, 2.05) is 69.3 Å². The third-order valence-corrected chi connectivity index (χ3v) is 7.69. The van der Waals surface area contributed by atoms with Gasteiger partial charge in [0.25, 0.3) is 0 Å². The van der Waals surface area contributed by atoms with Crippen molar-refractivity contribution in [2.75, 3.05) is 0 Å². The summed E-state index contributed by atoms with van der Waals surface area (Å²) < 4.78 is 5.48. The van der Waals surface area contributed by atoms with Crippen molar-refractivity contribution in [3.63, 3.8) is 0 Å². The van der Waals surface area contributed by atoms with E-state index in [2.05, 4.69) is 54.6 Å². The molecule has 0 bridgehead atoms. The quantitative estimate of drug-likeness (QED) is 0.110. The van der Waals surface area contributed by atoms with Gasteiger partial charge in [0, 0.05) is 11.1 Å². The fourth-order valence-electron chi connectivity index (χ4n) is 4.49. The van der Waals surface area contributed by atoms with E-state index >= 15 is 0 Å². The number of hydrogen-bond acceptors (Lipinski definition) is 4. The van der Waals surface area contributed by atoms with Gasteiger partial charge in [-0.15, -0.1) is 0 Å². The molecular weight excluding hydrogens is 518 g/mol. The van der Waals surface area contributed by atoms with Gasteiger partial charge in [0.1, 0.15) is 5.75 Å². The topological polar surface area (TPSA) is 67.2 Å². The zero-order valence-corrected chi connectivity index (χ0v) is 23.9. The summed E-state index contributed by atoms with van der Waals surface area (Å²) in [7, 11) is 0. The maximum Gasteiger partial charge on any atom is 0.316 e. The Morgan fingerprint density at radius 3 is 1.29 bits per heavy atom. The van der Waals surface area contributed by atoms with Gasteiger partial charge in [0.2, 0.25) is 0 Å². The molecule has 0 aliphatic rings. The molecule has 42 heavy (non-hydrogen) atoms. The first-order chi connectivity index (χ1) is 20.3. The number of ketones is 1. The van der Waals surface area contributed by atoms with E-state index in [1.165, 1.54) is 0 Å². The molecule has 0 saturated heterocycles. The van der Waals surface area contributed by atoms with Crippen molar-refractivity contribution in [1.29, 1.82) is 5.26 Å². The average molecular weight is 550 g/mol. The van der Waals surface area contributed by atoms with E-state index in [0.29, 0.717) is 28.9 Å². The number of nitrogens with zero attached hydrogens (tertiary/aromatic N) is 1. The van der Waals surface area contributed by atoms with Crippen LogP contribution in [-0.4, -0.2) is 11.8 Å². The number of ether oxygens (including phenoxy) is 1. The van der Waals surface area contributed by atoms with E-state index in [0.717, 1.165) is 33.4 Å². The second kappa shape index (κ2) is 12.1. The lowest BCUT2D eigenvalue weighted by atomic mass is 9.91. The van der Waals surface area contributed by atoms with Gasteiger partial charge in [-0.2, -0.15) is 5.26 Å². The molecule has 0 heterocycles. The predicted molar refractivity (Wildman–Crippen MR) is 167 cm³/mol. The molecule has 4 nitrogen and oxygen atoms in total. The minimum Gasteiger partial charge on any atom is -0.426 e. The van der Waals surface area contributed by atoms with Gasteiger partial charge in [-0.25, -0.2) is 0 Å². The summed E-state index contributed by atoms with van der Waals surface area (Å²) in [6, 6.07) is 40.8. The van der Waals surface area contributed by atoms with E-state index in [4.69, 9.17) is 10.00 Å². The van der Waals surface area contributed by atoms with Crippen molar-refractivity contribution in [2.45, 2.75) is 27.2 Å². The number of nitriles is 1. The first-order valence-corrected chi connectivity index (χ1v) is 14.0. The standard InChI is InChI=1S/C38H31NO3/c1-4-38(2,3)37(41)42-35-23-21-34(22-24-35)36(40)33-19-17-32(18-20-33)31-15-13-30(14-16-31)29-11-9-28(10-12-29)27-7-5-26(25-39)6-8-27/h5-24H,4H2,1-3H3. The molecule has 0 spiro atoms. The Morgan fingerprint density at radius 2 is 0.929 bits per heavy atom. The smallest absolute Gasteiger partial charge is 0.316 e. The highest BCUT2D eigenvalue weighted by Gasteiger charge is 2.27. The number of esters is 1. The van der Waals surface area contributed by atoms with Crippen LogP contribution < -0.4 is 4.74 Å². The van der Waals surface area contributed by atoms with Gasteiger partial charge in [0.05, 0.1) is 17.0 Å². The normalized spacial score (nSPS) is 11.0. The van der Waals surface area contributed by atoms with Crippen LogP contribution in [0.15, 0.2) is 121 Å². The lowest BCUT2D eigenvalue weighted by Crippen LogP contribution is -2.28. The lowest BCUT2D eigenvalue weighted by Gasteiger charge is -2.20. The van der Waals surface area contributed by atoms with Gasteiger partial charge < -0.3 is 4.74 Å². The summed E-state index contributed by atoms with van der Waals surface area (Å²) in [6.45, 7) is 5.65. The van der Waals surface area contributed by atoms with Crippen molar-refractivity contribution in [2.24, 2.45) is 5.41 Å². The lowest BCUT2D eigenvalue weighted by molar-refractivity contribution is -0.144. The zero-order valence-electron chi connectivity index (χ0n) is 23.9. The van der Waals surface area contributed by atoms with Gasteiger partial charge >= 0.3 is 5.97 Å². The minimum atomic E-state index is -0.559. The van der Waals surface area contributed by atoms with Gasteiger partial charge in [-0.05, 0) is 90.0 Å². The number of benzene rings is 5. The number of carbonyl (C=O) groups excluding carboxylic acids is 2. The van der Waals surface area contributed by atoms with Crippen LogP contribution in [-0.2, 0) is 4.79 Å². The summed E-state index contributed by atoms with van der Waals surface area (Å²) in [5.41, 5.74) is 7.72. The molecule has 0 fully saturated rings. The van der Waals surface area contributed by atoms with Crippen LogP contribution in [0, 0.1) is 16.7 Å². The molecule has 206 valence electrons. The molecule has 0 N–H and O–H groups in total. The van der Waals surface area contributed by atoms with E-state index in [9.17, 15) is 9.59 Å². The van der Waals surface area contributed by atoms with Gasteiger partial charge in [-0.1, -0.05) is 91.9 Å². The first-order valence-electron chi connectivity index (χ1n) is 14.0. The Bertz CT molecular complexity index is 1740. The molecule has 0 aliphatic heterocycles. The maximum absolute atomic E-state index is 13.1. The molecule has 0 atom stereocenters. The molecule has 0 radical (unpaired) electrons.